The van der Waals surface area contributed by atoms with Gasteiger partial charge in [-0.3, -0.25) is 4.79 Å². The van der Waals surface area contributed by atoms with Gasteiger partial charge in [-0.05, 0) is 26.1 Å². The van der Waals surface area contributed by atoms with Gasteiger partial charge in [-0.1, -0.05) is 6.07 Å². The van der Waals surface area contributed by atoms with Crippen LogP contribution in [0.15, 0.2) is 23.1 Å². The van der Waals surface area contributed by atoms with Crippen LogP contribution < -0.4 is 15.8 Å². The van der Waals surface area contributed by atoms with Crippen LogP contribution in [-0.2, 0) is 4.79 Å². The lowest BCUT2D eigenvalue weighted by molar-refractivity contribution is -0.115. The van der Waals surface area contributed by atoms with Crippen LogP contribution in [0.5, 0.6) is 5.75 Å². The van der Waals surface area contributed by atoms with Gasteiger partial charge in [-0.2, -0.15) is 0 Å². The zero-order valence-corrected chi connectivity index (χ0v) is 11.1. The minimum Gasteiger partial charge on any atom is -0.496 e. The molecule has 1 aromatic carbocycles. The van der Waals surface area contributed by atoms with E-state index in [1.54, 1.807) is 7.11 Å². The third-order valence-corrected chi connectivity index (χ3v) is 3.58. The van der Waals surface area contributed by atoms with Gasteiger partial charge in [0.15, 0.2) is 0 Å². The summed E-state index contributed by atoms with van der Waals surface area (Å²) in [6.07, 6.45) is 0. The molecule has 1 unspecified atom stereocenters. The molecule has 1 rings (SSSR count). The zero-order valence-electron chi connectivity index (χ0n) is 10.3. The van der Waals surface area contributed by atoms with Crippen molar-refractivity contribution in [1.29, 1.82) is 0 Å². The molecule has 0 aliphatic heterocycles. The van der Waals surface area contributed by atoms with Crippen LogP contribution in [0.4, 0.5) is 0 Å². The first kappa shape index (κ1) is 13.9. The molecule has 0 saturated carbocycles. The summed E-state index contributed by atoms with van der Waals surface area (Å²) in [5.74, 6) is 0.776. The first-order valence-corrected chi connectivity index (χ1v) is 6.34. The molecule has 0 fully saturated rings. The van der Waals surface area contributed by atoms with Crippen LogP contribution in [-0.4, -0.2) is 25.8 Å². The predicted molar refractivity (Wildman–Crippen MR) is 70.4 cm³/mol. The lowest BCUT2D eigenvalue weighted by atomic mass is 10.1. The molecule has 0 bridgehead atoms. The second kappa shape index (κ2) is 6.51. The van der Waals surface area contributed by atoms with Crippen LogP contribution in [0.2, 0.25) is 0 Å². The van der Waals surface area contributed by atoms with Crippen LogP contribution in [0.1, 0.15) is 18.5 Å². The lowest BCUT2D eigenvalue weighted by Gasteiger charge is -2.18. The molecule has 1 atom stereocenters. The smallest absolute Gasteiger partial charge is 0.227 e. The third-order valence-electron chi connectivity index (χ3n) is 2.48. The Balaban J connectivity index is 3.05. The number of nitrogens with one attached hydrogen (secondary N) is 1. The van der Waals surface area contributed by atoms with E-state index in [0.717, 1.165) is 16.2 Å². The van der Waals surface area contributed by atoms with Gasteiger partial charge in [-0.25, -0.2) is 0 Å². The Morgan fingerprint density at radius 3 is 2.82 bits per heavy atom. The van der Waals surface area contributed by atoms with E-state index in [0.29, 0.717) is 0 Å². The van der Waals surface area contributed by atoms with E-state index in [2.05, 4.69) is 5.32 Å². The zero-order chi connectivity index (χ0) is 12.8. The Hall–Kier alpha value is -1.20. The number of hydrogen-bond acceptors (Lipinski definition) is 4. The highest BCUT2D eigenvalue weighted by molar-refractivity contribution is 8.00. The number of benzene rings is 1. The average Bonchev–Trinajstić information content (AvgIpc) is 2.34. The van der Waals surface area contributed by atoms with Crippen molar-refractivity contribution in [3.05, 3.63) is 23.8 Å². The van der Waals surface area contributed by atoms with E-state index in [-0.39, 0.29) is 17.7 Å². The molecule has 0 aromatic heterocycles. The summed E-state index contributed by atoms with van der Waals surface area (Å²) < 4.78 is 5.35. The number of thioether (sulfide) groups is 1. The first-order chi connectivity index (χ1) is 8.10. The van der Waals surface area contributed by atoms with Gasteiger partial charge in [0.1, 0.15) is 5.75 Å². The topological polar surface area (TPSA) is 64.3 Å². The Morgan fingerprint density at radius 1 is 1.59 bits per heavy atom. The molecule has 0 aliphatic rings. The van der Waals surface area contributed by atoms with Crippen molar-refractivity contribution >= 4 is 17.7 Å². The Kier molecular flexibility index (Phi) is 5.31. The monoisotopic (exact) mass is 254 g/mol. The summed E-state index contributed by atoms with van der Waals surface area (Å²) in [7, 11) is 3.53. The number of ether oxygens (including phenoxy) is 1. The van der Waals surface area contributed by atoms with E-state index in [4.69, 9.17) is 10.5 Å². The summed E-state index contributed by atoms with van der Waals surface area (Å²) >= 11 is 1.43. The van der Waals surface area contributed by atoms with E-state index >= 15 is 0 Å². The number of nitrogens with two attached hydrogens (primary N) is 1. The number of carbonyl (C=O) groups excluding carboxylic acids is 1. The number of hydrogen-bond donors (Lipinski definition) is 2. The second-order valence-electron chi connectivity index (χ2n) is 3.64. The molecule has 0 radical (unpaired) electrons. The molecule has 4 nitrogen and oxygen atoms in total. The maximum Gasteiger partial charge on any atom is 0.227 e. The third kappa shape index (κ3) is 3.64. The number of amides is 1. The van der Waals surface area contributed by atoms with Crippen molar-refractivity contribution in [2.45, 2.75) is 17.9 Å². The van der Waals surface area contributed by atoms with Crippen LogP contribution >= 0.6 is 11.8 Å². The van der Waals surface area contributed by atoms with Gasteiger partial charge in [0.05, 0.1) is 12.9 Å². The second-order valence-corrected chi connectivity index (χ2v) is 4.65. The number of rotatable bonds is 6. The molecule has 17 heavy (non-hydrogen) atoms. The standard InChI is InChI=1S/C12H18N2O2S/c1-8(14-2)12-9(16-3)5-4-6-10(12)17-7-11(13)15/h4-6,8,14H,7H2,1-3H3,(H2,13,15). The molecule has 0 heterocycles. The highest BCUT2D eigenvalue weighted by atomic mass is 32.2. The van der Waals surface area contributed by atoms with Crippen molar-refractivity contribution in [2.75, 3.05) is 19.9 Å². The van der Waals surface area contributed by atoms with E-state index in [1.807, 2.05) is 32.2 Å². The van der Waals surface area contributed by atoms with Crippen molar-refractivity contribution in [3.8, 4) is 5.75 Å². The summed E-state index contributed by atoms with van der Waals surface area (Å²) in [5.41, 5.74) is 6.22. The Bertz CT molecular complexity index is 396. The molecule has 3 N–H and O–H groups in total. The fourth-order valence-electron chi connectivity index (χ4n) is 1.55. The normalized spacial score (nSPS) is 12.2. The van der Waals surface area contributed by atoms with Gasteiger partial charge < -0.3 is 15.8 Å². The van der Waals surface area contributed by atoms with E-state index in [9.17, 15) is 4.79 Å². The largest absolute Gasteiger partial charge is 0.496 e. The predicted octanol–water partition coefficient (Wildman–Crippen LogP) is 1.55. The van der Waals surface area contributed by atoms with Gasteiger partial charge in [0, 0.05) is 16.5 Å². The minimum absolute atomic E-state index is 0.154. The molecule has 0 aliphatic carbocycles. The molecule has 94 valence electrons. The first-order valence-electron chi connectivity index (χ1n) is 5.35. The van der Waals surface area contributed by atoms with Crippen molar-refractivity contribution < 1.29 is 9.53 Å². The van der Waals surface area contributed by atoms with Crippen molar-refractivity contribution in [3.63, 3.8) is 0 Å². The number of methoxy groups -OCH3 is 1. The SMILES string of the molecule is CNC(C)c1c(OC)cccc1SCC(N)=O. The molecular weight excluding hydrogens is 236 g/mol. The molecular formula is C12H18N2O2S. The maximum atomic E-state index is 10.8. The molecule has 1 amide bonds. The summed E-state index contributed by atoms with van der Waals surface area (Å²) in [6, 6.07) is 5.95. The van der Waals surface area contributed by atoms with Gasteiger partial charge in [0.25, 0.3) is 0 Å². The minimum atomic E-state index is -0.319. The fraction of sp³-hybridized carbons (Fsp3) is 0.417. The Morgan fingerprint density at radius 2 is 2.29 bits per heavy atom. The van der Waals surface area contributed by atoms with Gasteiger partial charge in [-0.15, -0.1) is 11.8 Å². The summed E-state index contributed by atoms with van der Waals surface area (Å²) in [4.78, 5) is 11.9. The highest BCUT2D eigenvalue weighted by Crippen LogP contribution is 2.34. The number of primary amides is 1. The lowest BCUT2D eigenvalue weighted by Crippen LogP contribution is -2.16. The van der Waals surface area contributed by atoms with E-state index < -0.39 is 0 Å². The molecule has 0 saturated heterocycles. The molecule has 0 spiro atoms. The maximum absolute atomic E-state index is 10.8. The van der Waals surface area contributed by atoms with E-state index in [1.165, 1.54) is 11.8 Å². The van der Waals surface area contributed by atoms with Crippen LogP contribution in [0.25, 0.3) is 0 Å². The Labute approximate surface area is 106 Å². The summed E-state index contributed by atoms with van der Waals surface area (Å²) in [5, 5.41) is 3.17. The number of carbonyl (C=O) groups is 1. The summed E-state index contributed by atoms with van der Waals surface area (Å²) in [6.45, 7) is 2.05. The average molecular weight is 254 g/mol. The fourth-order valence-corrected chi connectivity index (χ4v) is 2.45. The van der Waals surface area contributed by atoms with Crippen molar-refractivity contribution in [2.24, 2.45) is 5.73 Å². The van der Waals surface area contributed by atoms with Gasteiger partial charge in [0.2, 0.25) is 5.91 Å². The molecule has 5 heteroatoms. The quantitative estimate of drug-likeness (QED) is 0.756. The molecule has 1 aromatic rings. The highest BCUT2D eigenvalue weighted by Gasteiger charge is 2.15. The van der Waals surface area contributed by atoms with Crippen LogP contribution in [0, 0.1) is 0 Å². The van der Waals surface area contributed by atoms with Crippen LogP contribution in [0.3, 0.4) is 0 Å². The van der Waals surface area contributed by atoms with Gasteiger partial charge >= 0.3 is 0 Å². The van der Waals surface area contributed by atoms with Crippen molar-refractivity contribution in [1.82, 2.24) is 5.32 Å².